The third kappa shape index (κ3) is 4.21. The van der Waals surface area contributed by atoms with Crippen LogP contribution < -0.4 is 20.1 Å². The summed E-state index contributed by atoms with van der Waals surface area (Å²) in [5, 5.41) is 5.79. The standard InChI is InChI=1S/C23H20N2O4/c1-15(18-9-12-20-21(13-18)29-14-28-20)24-22(26)17-7-10-19(11-8-17)25-23(27)16-5-3-2-4-6-16/h2-13,15H,14H2,1H3,(H,24,26)(H,25,27). The minimum absolute atomic E-state index is 0.195. The Labute approximate surface area is 168 Å². The molecule has 3 aromatic rings. The van der Waals surface area contributed by atoms with Gasteiger partial charge in [-0.25, -0.2) is 0 Å². The summed E-state index contributed by atoms with van der Waals surface area (Å²) >= 11 is 0. The first kappa shape index (κ1) is 18.6. The first-order chi connectivity index (χ1) is 14.1. The highest BCUT2D eigenvalue weighted by molar-refractivity contribution is 6.04. The van der Waals surface area contributed by atoms with Crippen LogP contribution in [0.4, 0.5) is 5.69 Å². The number of benzene rings is 3. The molecule has 1 aliphatic heterocycles. The first-order valence-corrected chi connectivity index (χ1v) is 9.27. The Morgan fingerprint density at radius 1 is 0.828 bits per heavy atom. The van der Waals surface area contributed by atoms with E-state index in [0.29, 0.717) is 28.3 Å². The number of rotatable bonds is 5. The summed E-state index contributed by atoms with van der Waals surface area (Å²) < 4.78 is 10.7. The normalized spacial score (nSPS) is 12.9. The Morgan fingerprint density at radius 2 is 1.52 bits per heavy atom. The van der Waals surface area contributed by atoms with Gasteiger partial charge in [0, 0.05) is 16.8 Å². The van der Waals surface area contributed by atoms with Gasteiger partial charge in [0.1, 0.15) is 0 Å². The maximum Gasteiger partial charge on any atom is 0.255 e. The number of nitrogens with one attached hydrogen (secondary N) is 2. The molecule has 6 heteroatoms. The van der Waals surface area contributed by atoms with E-state index in [4.69, 9.17) is 9.47 Å². The van der Waals surface area contributed by atoms with Crippen molar-refractivity contribution in [2.45, 2.75) is 13.0 Å². The van der Waals surface area contributed by atoms with Crippen LogP contribution in [0.2, 0.25) is 0 Å². The molecule has 1 aliphatic rings. The summed E-state index contributed by atoms with van der Waals surface area (Å²) in [6.45, 7) is 2.12. The number of amides is 2. The largest absolute Gasteiger partial charge is 0.454 e. The Kier molecular flexibility index (Phi) is 5.16. The predicted molar refractivity (Wildman–Crippen MR) is 109 cm³/mol. The van der Waals surface area contributed by atoms with Crippen LogP contribution in [0.5, 0.6) is 11.5 Å². The van der Waals surface area contributed by atoms with Crippen LogP contribution >= 0.6 is 0 Å². The maximum absolute atomic E-state index is 12.6. The SMILES string of the molecule is CC(NC(=O)c1ccc(NC(=O)c2ccccc2)cc1)c1ccc2c(c1)OCO2. The summed E-state index contributed by atoms with van der Waals surface area (Å²) in [7, 11) is 0. The maximum atomic E-state index is 12.6. The average Bonchev–Trinajstić information content (AvgIpc) is 3.22. The molecule has 0 saturated carbocycles. The first-order valence-electron chi connectivity index (χ1n) is 9.27. The third-order valence-electron chi connectivity index (χ3n) is 4.69. The Morgan fingerprint density at radius 3 is 2.28 bits per heavy atom. The van der Waals surface area contributed by atoms with Crippen molar-refractivity contribution >= 4 is 17.5 Å². The minimum atomic E-state index is -0.200. The molecule has 0 spiro atoms. The molecule has 0 fully saturated rings. The van der Waals surface area contributed by atoms with Gasteiger partial charge in [-0.05, 0) is 61.0 Å². The lowest BCUT2D eigenvalue weighted by Gasteiger charge is -2.15. The highest BCUT2D eigenvalue weighted by atomic mass is 16.7. The monoisotopic (exact) mass is 388 g/mol. The molecule has 1 heterocycles. The van der Waals surface area contributed by atoms with Crippen molar-refractivity contribution in [3.05, 3.63) is 89.5 Å². The number of carbonyl (C=O) groups is 2. The molecule has 146 valence electrons. The van der Waals surface area contributed by atoms with Gasteiger partial charge in [-0.15, -0.1) is 0 Å². The van der Waals surface area contributed by atoms with Gasteiger partial charge in [0.05, 0.1) is 6.04 Å². The van der Waals surface area contributed by atoms with Crippen molar-refractivity contribution < 1.29 is 19.1 Å². The van der Waals surface area contributed by atoms with Crippen LogP contribution in [0.1, 0.15) is 39.2 Å². The third-order valence-corrected chi connectivity index (χ3v) is 4.69. The van der Waals surface area contributed by atoms with Crippen molar-refractivity contribution in [1.29, 1.82) is 0 Å². The quantitative estimate of drug-likeness (QED) is 0.688. The molecular formula is C23H20N2O4. The molecule has 2 N–H and O–H groups in total. The van der Waals surface area contributed by atoms with E-state index in [2.05, 4.69) is 10.6 Å². The molecule has 0 bridgehead atoms. The lowest BCUT2D eigenvalue weighted by molar-refractivity contribution is 0.0939. The van der Waals surface area contributed by atoms with E-state index in [1.54, 1.807) is 36.4 Å². The molecule has 0 saturated heterocycles. The highest BCUT2D eigenvalue weighted by Gasteiger charge is 2.17. The van der Waals surface area contributed by atoms with E-state index in [1.807, 2.05) is 43.3 Å². The minimum Gasteiger partial charge on any atom is -0.454 e. The second-order valence-electron chi connectivity index (χ2n) is 6.71. The fourth-order valence-corrected chi connectivity index (χ4v) is 3.04. The van der Waals surface area contributed by atoms with E-state index in [1.165, 1.54) is 0 Å². The van der Waals surface area contributed by atoms with Crippen molar-refractivity contribution in [1.82, 2.24) is 5.32 Å². The highest BCUT2D eigenvalue weighted by Crippen LogP contribution is 2.34. The molecular weight excluding hydrogens is 368 g/mol. The smallest absolute Gasteiger partial charge is 0.255 e. The topological polar surface area (TPSA) is 76.7 Å². The summed E-state index contributed by atoms with van der Waals surface area (Å²) in [4.78, 5) is 24.8. The van der Waals surface area contributed by atoms with Crippen molar-refractivity contribution in [3.63, 3.8) is 0 Å². The zero-order chi connectivity index (χ0) is 20.2. The lowest BCUT2D eigenvalue weighted by Crippen LogP contribution is -2.26. The van der Waals surface area contributed by atoms with E-state index in [0.717, 1.165) is 5.56 Å². The van der Waals surface area contributed by atoms with Gasteiger partial charge in [0.25, 0.3) is 11.8 Å². The molecule has 4 rings (SSSR count). The van der Waals surface area contributed by atoms with E-state index in [9.17, 15) is 9.59 Å². The molecule has 29 heavy (non-hydrogen) atoms. The molecule has 3 aromatic carbocycles. The number of hydrogen-bond donors (Lipinski definition) is 2. The van der Waals surface area contributed by atoms with Gasteiger partial charge in [0.15, 0.2) is 11.5 Å². The fraction of sp³-hybridized carbons (Fsp3) is 0.130. The molecule has 0 aromatic heterocycles. The second kappa shape index (κ2) is 8.06. The van der Waals surface area contributed by atoms with Crippen molar-refractivity contribution in [2.75, 3.05) is 12.1 Å². The van der Waals surface area contributed by atoms with Crippen LogP contribution in [-0.2, 0) is 0 Å². The summed E-state index contributed by atoms with van der Waals surface area (Å²) in [5.41, 5.74) is 2.63. The van der Waals surface area contributed by atoms with E-state index in [-0.39, 0.29) is 24.6 Å². The van der Waals surface area contributed by atoms with Crippen LogP contribution in [0.15, 0.2) is 72.8 Å². The van der Waals surface area contributed by atoms with Gasteiger partial charge in [-0.2, -0.15) is 0 Å². The predicted octanol–water partition coefficient (Wildman–Crippen LogP) is 4.16. The fourth-order valence-electron chi connectivity index (χ4n) is 3.04. The van der Waals surface area contributed by atoms with Crippen molar-refractivity contribution in [2.24, 2.45) is 0 Å². The second-order valence-corrected chi connectivity index (χ2v) is 6.71. The molecule has 1 atom stereocenters. The Bertz CT molecular complexity index is 1030. The number of ether oxygens (including phenoxy) is 2. The molecule has 6 nitrogen and oxygen atoms in total. The van der Waals surface area contributed by atoms with Gasteiger partial charge in [-0.1, -0.05) is 24.3 Å². The lowest BCUT2D eigenvalue weighted by atomic mass is 10.1. The van der Waals surface area contributed by atoms with Gasteiger partial charge < -0.3 is 20.1 Å². The van der Waals surface area contributed by atoms with Crippen LogP contribution in [0.25, 0.3) is 0 Å². The van der Waals surface area contributed by atoms with Crippen molar-refractivity contribution in [3.8, 4) is 11.5 Å². The number of carbonyl (C=O) groups excluding carboxylic acids is 2. The molecule has 2 amide bonds. The number of fused-ring (bicyclic) bond motifs is 1. The van der Waals surface area contributed by atoms with Gasteiger partial charge in [-0.3, -0.25) is 9.59 Å². The zero-order valence-corrected chi connectivity index (χ0v) is 15.8. The summed E-state index contributed by atoms with van der Waals surface area (Å²) in [5.74, 6) is 0.998. The zero-order valence-electron chi connectivity index (χ0n) is 15.8. The Balaban J connectivity index is 1.38. The number of anilines is 1. The number of hydrogen-bond acceptors (Lipinski definition) is 4. The summed E-state index contributed by atoms with van der Waals surface area (Å²) in [6, 6.07) is 21.2. The van der Waals surface area contributed by atoms with E-state index < -0.39 is 0 Å². The molecule has 1 unspecified atom stereocenters. The van der Waals surface area contributed by atoms with Crippen LogP contribution in [-0.4, -0.2) is 18.6 Å². The van der Waals surface area contributed by atoms with Gasteiger partial charge in [0.2, 0.25) is 6.79 Å². The van der Waals surface area contributed by atoms with Gasteiger partial charge >= 0.3 is 0 Å². The van der Waals surface area contributed by atoms with Crippen LogP contribution in [0.3, 0.4) is 0 Å². The summed E-state index contributed by atoms with van der Waals surface area (Å²) in [6.07, 6.45) is 0. The Hall–Kier alpha value is -3.80. The molecule has 0 aliphatic carbocycles. The van der Waals surface area contributed by atoms with E-state index >= 15 is 0 Å². The molecule has 0 radical (unpaired) electrons. The average molecular weight is 388 g/mol. The van der Waals surface area contributed by atoms with Crippen LogP contribution in [0, 0.1) is 0 Å².